The minimum absolute atomic E-state index is 0.107. The Labute approximate surface area is 150 Å². The quantitative estimate of drug-likeness (QED) is 0.638. The summed E-state index contributed by atoms with van der Waals surface area (Å²) in [5.41, 5.74) is 5.69. The lowest BCUT2D eigenvalue weighted by Crippen LogP contribution is -2.49. The molecule has 0 saturated heterocycles. The highest BCUT2D eigenvalue weighted by molar-refractivity contribution is 5.90. The first-order chi connectivity index (χ1) is 12.1. The van der Waals surface area contributed by atoms with Crippen LogP contribution in [0.15, 0.2) is 35.4 Å². The fourth-order valence-electron chi connectivity index (χ4n) is 6.45. The second-order valence-corrected chi connectivity index (χ2v) is 9.23. The van der Waals surface area contributed by atoms with E-state index in [1.54, 1.807) is 0 Å². The van der Waals surface area contributed by atoms with Gasteiger partial charge in [-0.25, -0.2) is 5.43 Å². The maximum absolute atomic E-state index is 12.5. The summed E-state index contributed by atoms with van der Waals surface area (Å²) in [5, 5.41) is 4.62. The van der Waals surface area contributed by atoms with E-state index in [-0.39, 0.29) is 11.8 Å². The van der Waals surface area contributed by atoms with E-state index >= 15 is 0 Å². The van der Waals surface area contributed by atoms with Crippen molar-refractivity contribution in [3.05, 3.63) is 35.9 Å². The molecule has 6 rings (SSSR count). The van der Waals surface area contributed by atoms with E-state index in [1.165, 1.54) is 49.8 Å². The zero-order valence-electron chi connectivity index (χ0n) is 15.1. The monoisotopic (exact) mass is 336 g/mol. The fraction of sp³-hybridized carbons (Fsp3) is 0.636. The van der Waals surface area contributed by atoms with Crippen molar-refractivity contribution in [3.63, 3.8) is 0 Å². The van der Waals surface area contributed by atoms with Crippen LogP contribution in [-0.4, -0.2) is 11.6 Å². The maximum Gasteiger partial charge on any atom is 0.243 e. The molecule has 4 bridgehead atoms. The summed E-state index contributed by atoms with van der Waals surface area (Å²) in [6, 6.07) is 10.4. The number of carbonyl (C=O) groups excluding carboxylic acids is 1. The van der Waals surface area contributed by atoms with Crippen molar-refractivity contribution in [2.24, 2.45) is 34.2 Å². The van der Waals surface area contributed by atoms with E-state index < -0.39 is 0 Å². The molecule has 1 N–H and O–H groups in total. The number of rotatable bonds is 4. The lowest BCUT2D eigenvalue weighted by molar-refractivity contribution is -0.122. The first-order valence-corrected chi connectivity index (χ1v) is 10.0. The summed E-state index contributed by atoms with van der Waals surface area (Å²) in [7, 11) is 0. The van der Waals surface area contributed by atoms with Crippen LogP contribution in [-0.2, 0) is 4.79 Å². The number of nitrogens with zero attached hydrogens (tertiary/aromatic N) is 1. The molecular weight excluding hydrogens is 308 g/mol. The van der Waals surface area contributed by atoms with Crippen molar-refractivity contribution in [1.29, 1.82) is 0 Å². The van der Waals surface area contributed by atoms with Crippen LogP contribution >= 0.6 is 0 Å². The lowest BCUT2D eigenvalue weighted by atomic mass is 9.48. The molecule has 5 aliphatic carbocycles. The summed E-state index contributed by atoms with van der Waals surface area (Å²) >= 11 is 0. The zero-order valence-corrected chi connectivity index (χ0v) is 15.1. The first kappa shape index (κ1) is 15.6. The molecule has 2 unspecified atom stereocenters. The Morgan fingerprint density at radius 2 is 1.60 bits per heavy atom. The Bertz CT molecular complexity index is 673. The summed E-state index contributed by atoms with van der Waals surface area (Å²) < 4.78 is 0. The average molecular weight is 336 g/mol. The van der Waals surface area contributed by atoms with E-state index in [1.807, 2.05) is 6.07 Å². The topological polar surface area (TPSA) is 41.5 Å². The highest BCUT2D eigenvalue weighted by Crippen LogP contribution is 2.60. The van der Waals surface area contributed by atoms with Crippen molar-refractivity contribution < 1.29 is 4.79 Å². The summed E-state index contributed by atoms with van der Waals surface area (Å²) in [6.07, 6.45) is 9.21. The van der Waals surface area contributed by atoms with Crippen LogP contribution in [0, 0.1) is 29.1 Å². The Hall–Kier alpha value is -1.64. The Balaban J connectivity index is 1.24. The molecule has 0 aromatic heterocycles. The summed E-state index contributed by atoms with van der Waals surface area (Å²) in [6.45, 7) is 2.16. The Morgan fingerprint density at radius 1 is 1.00 bits per heavy atom. The van der Waals surface area contributed by atoms with Crippen LogP contribution in [0.3, 0.4) is 0 Å². The molecule has 5 saturated carbocycles. The van der Waals surface area contributed by atoms with Gasteiger partial charge in [-0.2, -0.15) is 5.10 Å². The van der Waals surface area contributed by atoms with E-state index in [2.05, 4.69) is 41.7 Å². The lowest BCUT2D eigenvalue weighted by Gasteiger charge is -2.56. The molecule has 5 fully saturated rings. The van der Waals surface area contributed by atoms with Gasteiger partial charge in [0.15, 0.2) is 0 Å². The summed E-state index contributed by atoms with van der Waals surface area (Å²) in [5.74, 6) is 3.35. The number of carbonyl (C=O) groups is 1. The van der Waals surface area contributed by atoms with Crippen molar-refractivity contribution in [2.75, 3.05) is 0 Å². The van der Waals surface area contributed by atoms with Gasteiger partial charge >= 0.3 is 0 Å². The van der Waals surface area contributed by atoms with Gasteiger partial charge in [0.1, 0.15) is 0 Å². The molecule has 0 heterocycles. The predicted molar refractivity (Wildman–Crippen MR) is 99.1 cm³/mol. The molecule has 1 amide bonds. The third-order valence-electron chi connectivity index (χ3n) is 7.49. The van der Waals surface area contributed by atoms with E-state index in [9.17, 15) is 4.79 Å². The van der Waals surface area contributed by atoms with Crippen LogP contribution in [0.4, 0.5) is 0 Å². The molecule has 132 valence electrons. The van der Waals surface area contributed by atoms with Gasteiger partial charge in [0, 0.05) is 17.0 Å². The van der Waals surface area contributed by atoms with Crippen molar-refractivity contribution in [2.45, 2.75) is 57.8 Å². The highest BCUT2D eigenvalue weighted by atomic mass is 16.2. The van der Waals surface area contributed by atoms with Gasteiger partial charge in [0.25, 0.3) is 0 Å². The van der Waals surface area contributed by atoms with E-state index in [4.69, 9.17) is 0 Å². The SMILES string of the molecule is CC(=NNC(=O)C1CC1c1ccccc1)C12CC3CC(CC(C3)C1)C2. The third kappa shape index (κ3) is 2.72. The van der Waals surface area contributed by atoms with Gasteiger partial charge in [0.05, 0.1) is 0 Å². The van der Waals surface area contributed by atoms with Crippen molar-refractivity contribution >= 4 is 11.6 Å². The third-order valence-corrected chi connectivity index (χ3v) is 7.49. The molecule has 3 heteroatoms. The second-order valence-electron chi connectivity index (χ2n) is 9.23. The van der Waals surface area contributed by atoms with Gasteiger partial charge in [-0.3, -0.25) is 4.79 Å². The van der Waals surface area contributed by atoms with Crippen molar-refractivity contribution in [1.82, 2.24) is 5.43 Å². The smallest absolute Gasteiger partial charge is 0.243 e. The molecule has 1 aromatic rings. The average Bonchev–Trinajstić information content (AvgIpc) is 3.40. The van der Waals surface area contributed by atoms with Crippen LogP contribution in [0.25, 0.3) is 0 Å². The number of nitrogens with one attached hydrogen (secondary N) is 1. The van der Waals surface area contributed by atoms with Gasteiger partial charge in [0.2, 0.25) is 5.91 Å². The van der Waals surface area contributed by atoms with E-state index in [0.717, 1.165) is 24.2 Å². The number of amides is 1. The maximum atomic E-state index is 12.5. The standard InChI is InChI=1S/C22H28N2O/c1-14(22-11-15-7-16(12-22)9-17(8-15)13-22)23-24-21(25)20-10-19(20)18-5-3-2-4-6-18/h2-6,15-17,19-20H,7-13H2,1H3,(H,24,25). The molecule has 0 radical (unpaired) electrons. The van der Waals surface area contributed by atoms with E-state index in [0.29, 0.717) is 11.3 Å². The molecule has 0 aliphatic heterocycles. The van der Waals surface area contributed by atoms with Gasteiger partial charge in [-0.15, -0.1) is 0 Å². The van der Waals surface area contributed by atoms with Crippen LogP contribution < -0.4 is 5.43 Å². The highest BCUT2D eigenvalue weighted by Gasteiger charge is 2.52. The molecule has 2 atom stereocenters. The minimum Gasteiger partial charge on any atom is -0.273 e. The van der Waals surface area contributed by atoms with Gasteiger partial charge < -0.3 is 0 Å². The Kier molecular flexibility index (Phi) is 3.55. The molecule has 1 aromatic carbocycles. The van der Waals surface area contributed by atoms with Gasteiger partial charge in [-0.05, 0) is 81.1 Å². The van der Waals surface area contributed by atoms with Crippen LogP contribution in [0.1, 0.15) is 63.4 Å². The second kappa shape index (κ2) is 5.69. The number of hydrogen-bond donors (Lipinski definition) is 1. The number of hydrogen-bond acceptors (Lipinski definition) is 2. The minimum atomic E-state index is 0.107. The van der Waals surface area contributed by atoms with Crippen LogP contribution in [0.5, 0.6) is 0 Å². The molecular formula is C22H28N2O. The normalized spacial score (nSPS) is 41.6. The van der Waals surface area contributed by atoms with Crippen LogP contribution in [0.2, 0.25) is 0 Å². The largest absolute Gasteiger partial charge is 0.273 e. The zero-order chi connectivity index (χ0) is 17.0. The molecule has 5 aliphatic rings. The molecule has 3 nitrogen and oxygen atoms in total. The number of hydrazone groups is 1. The summed E-state index contributed by atoms with van der Waals surface area (Å²) in [4.78, 5) is 12.5. The first-order valence-electron chi connectivity index (χ1n) is 10.0. The molecule has 25 heavy (non-hydrogen) atoms. The number of benzene rings is 1. The van der Waals surface area contributed by atoms with Gasteiger partial charge in [-0.1, -0.05) is 30.3 Å². The predicted octanol–water partition coefficient (Wildman–Crippen LogP) is 4.50. The fourth-order valence-corrected chi connectivity index (χ4v) is 6.45. The van der Waals surface area contributed by atoms with Crippen molar-refractivity contribution in [3.8, 4) is 0 Å². The molecule has 0 spiro atoms. The Morgan fingerprint density at radius 3 is 2.20 bits per heavy atom.